The Hall–Kier alpha value is -0.740. The Morgan fingerprint density at radius 1 is 0.917 bits per heavy atom. The number of nitrogens with zero attached hydrogens (tertiary/aromatic N) is 3. The summed E-state index contributed by atoms with van der Waals surface area (Å²) in [7, 11) is 0. The zero-order valence-electron chi connectivity index (χ0n) is 14.3. The van der Waals surface area contributed by atoms with E-state index in [2.05, 4.69) is 50.9 Å². The predicted octanol–water partition coefficient (Wildman–Crippen LogP) is 4.05. The summed E-state index contributed by atoms with van der Waals surface area (Å²) in [6.07, 6.45) is 7.76. The summed E-state index contributed by atoms with van der Waals surface area (Å²) in [4.78, 5) is 5.41. The Morgan fingerprint density at radius 2 is 1.79 bits per heavy atom. The average Bonchev–Trinajstić information content (AvgIpc) is 2.98. The monoisotopic (exact) mass is 369 g/mol. The van der Waals surface area contributed by atoms with Crippen LogP contribution in [0.15, 0.2) is 36.5 Å². The molecule has 134 valence electrons. The summed E-state index contributed by atoms with van der Waals surface area (Å²) in [6, 6.07) is 11.8. The number of hydrogen-bond acceptors (Lipinski definition) is 2. The lowest BCUT2D eigenvalue weighted by Gasteiger charge is -2.44. The van der Waals surface area contributed by atoms with Crippen molar-refractivity contribution in [1.82, 2.24) is 14.4 Å². The number of piperazine rings is 1. The van der Waals surface area contributed by atoms with Gasteiger partial charge in [-0.05, 0) is 49.9 Å². The molecule has 2 saturated heterocycles. The Morgan fingerprint density at radius 3 is 2.71 bits per heavy atom. The highest BCUT2D eigenvalue weighted by atomic mass is 35.5. The predicted molar refractivity (Wildman–Crippen MR) is 107 cm³/mol. The second kappa shape index (κ2) is 9.10. The van der Waals surface area contributed by atoms with E-state index in [0.717, 1.165) is 12.6 Å². The molecule has 0 aliphatic carbocycles. The number of hydrogen-bond donors (Lipinski definition) is 0. The van der Waals surface area contributed by atoms with Crippen molar-refractivity contribution in [2.24, 2.45) is 0 Å². The summed E-state index contributed by atoms with van der Waals surface area (Å²) in [5, 5.41) is 1.36. The van der Waals surface area contributed by atoms with Crippen molar-refractivity contribution in [2.75, 3.05) is 32.7 Å². The summed E-state index contributed by atoms with van der Waals surface area (Å²) < 4.78 is 2.41. The molecule has 1 atom stereocenters. The molecule has 1 aromatic heterocycles. The number of fused-ring (bicyclic) bond motifs is 2. The molecule has 0 radical (unpaired) electrons. The molecule has 5 heteroatoms. The van der Waals surface area contributed by atoms with Gasteiger partial charge in [-0.3, -0.25) is 4.90 Å². The van der Waals surface area contributed by atoms with Crippen LogP contribution in [0.5, 0.6) is 0 Å². The van der Waals surface area contributed by atoms with E-state index in [1.54, 1.807) is 0 Å². The summed E-state index contributed by atoms with van der Waals surface area (Å²) in [6.45, 7) is 7.58. The van der Waals surface area contributed by atoms with Crippen LogP contribution in [0.2, 0.25) is 0 Å². The molecule has 1 aromatic carbocycles. The Kier molecular flexibility index (Phi) is 7.42. The molecule has 0 N–H and O–H groups in total. The van der Waals surface area contributed by atoms with Crippen LogP contribution in [0, 0.1) is 0 Å². The minimum absolute atomic E-state index is 0. The number of benzene rings is 1. The van der Waals surface area contributed by atoms with Crippen LogP contribution in [0.25, 0.3) is 10.9 Å². The maximum atomic E-state index is 2.72. The highest BCUT2D eigenvalue weighted by molar-refractivity contribution is 5.85. The van der Waals surface area contributed by atoms with Crippen LogP contribution in [0.4, 0.5) is 0 Å². The molecule has 0 spiro atoms. The second-order valence-corrected chi connectivity index (χ2v) is 6.91. The van der Waals surface area contributed by atoms with Gasteiger partial charge in [-0.2, -0.15) is 0 Å². The number of aromatic nitrogens is 1. The van der Waals surface area contributed by atoms with Gasteiger partial charge in [-0.25, -0.2) is 0 Å². The third kappa shape index (κ3) is 4.26. The van der Waals surface area contributed by atoms with Gasteiger partial charge in [0.05, 0.1) is 0 Å². The van der Waals surface area contributed by atoms with Gasteiger partial charge in [0.1, 0.15) is 0 Å². The lowest BCUT2D eigenvalue weighted by molar-refractivity contribution is 0.0484. The first kappa shape index (κ1) is 19.6. The zero-order chi connectivity index (χ0) is 14.8. The number of aryl methyl sites for hydroxylation is 1. The van der Waals surface area contributed by atoms with Crippen LogP contribution in [0.1, 0.15) is 25.7 Å². The van der Waals surface area contributed by atoms with E-state index in [1.807, 2.05) is 0 Å². The van der Waals surface area contributed by atoms with Gasteiger partial charge in [0.25, 0.3) is 0 Å². The molecular formula is C19H29Cl2N3. The van der Waals surface area contributed by atoms with E-state index < -0.39 is 0 Å². The topological polar surface area (TPSA) is 11.4 Å². The second-order valence-electron chi connectivity index (χ2n) is 6.91. The highest BCUT2D eigenvalue weighted by Gasteiger charge is 2.28. The van der Waals surface area contributed by atoms with Crippen molar-refractivity contribution >= 4 is 35.7 Å². The maximum Gasteiger partial charge on any atom is 0.0480 e. The zero-order valence-corrected chi connectivity index (χ0v) is 15.9. The highest BCUT2D eigenvalue weighted by Crippen LogP contribution is 2.21. The van der Waals surface area contributed by atoms with Gasteiger partial charge in [-0.1, -0.05) is 24.6 Å². The van der Waals surface area contributed by atoms with E-state index in [0.29, 0.717) is 0 Å². The van der Waals surface area contributed by atoms with Gasteiger partial charge in [-0.15, -0.1) is 24.8 Å². The molecule has 2 aromatic rings. The van der Waals surface area contributed by atoms with E-state index in [1.165, 1.54) is 69.3 Å². The van der Waals surface area contributed by atoms with Crippen LogP contribution in [0.3, 0.4) is 0 Å². The van der Waals surface area contributed by atoms with Crippen LogP contribution >= 0.6 is 24.8 Å². The summed E-state index contributed by atoms with van der Waals surface area (Å²) in [5.74, 6) is 0. The van der Waals surface area contributed by atoms with Crippen molar-refractivity contribution in [3.8, 4) is 0 Å². The number of piperidine rings is 1. The molecular weight excluding hydrogens is 341 g/mol. The number of halogens is 2. The molecule has 4 rings (SSSR count). The Balaban J connectivity index is 0.00000104. The third-order valence-corrected chi connectivity index (χ3v) is 5.48. The van der Waals surface area contributed by atoms with Crippen molar-refractivity contribution in [1.29, 1.82) is 0 Å². The van der Waals surface area contributed by atoms with Gasteiger partial charge in [0, 0.05) is 43.9 Å². The lowest BCUT2D eigenvalue weighted by Crippen LogP contribution is -2.54. The Bertz CT molecular complexity index is 628. The van der Waals surface area contributed by atoms with Crippen molar-refractivity contribution < 1.29 is 0 Å². The molecule has 24 heavy (non-hydrogen) atoms. The lowest BCUT2D eigenvalue weighted by atomic mass is 9.99. The number of para-hydroxylation sites is 1. The quantitative estimate of drug-likeness (QED) is 0.805. The molecule has 3 heterocycles. The fourth-order valence-electron chi connectivity index (χ4n) is 4.22. The van der Waals surface area contributed by atoms with Gasteiger partial charge < -0.3 is 9.47 Å². The molecule has 2 fully saturated rings. The minimum atomic E-state index is 0. The largest absolute Gasteiger partial charge is 0.347 e. The van der Waals surface area contributed by atoms with E-state index in [-0.39, 0.29) is 24.8 Å². The first-order chi connectivity index (χ1) is 10.9. The molecule has 0 bridgehead atoms. The molecule has 0 amide bonds. The van der Waals surface area contributed by atoms with Crippen LogP contribution < -0.4 is 0 Å². The van der Waals surface area contributed by atoms with Gasteiger partial charge in [0.15, 0.2) is 0 Å². The fraction of sp³-hybridized carbons (Fsp3) is 0.579. The smallest absolute Gasteiger partial charge is 0.0480 e. The number of rotatable bonds is 4. The first-order valence-electron chi connectivity index (χ1n) is 8.90. The SMILES string of the molecule is Cl.Cl.c1ccc2c(c1)ccn2CCCN1CCN2CCCCC2C1. The van der Waals surface area contributed by atoms with E-state index >= 15 is 0 Å². The normalized spacial score (nSPS) is 21.8. The van der Waals surface area contributed by atoms with E-state index in [9.17, 15) is 0 Å². The maximum absolute atomic E-state index is 2.72. The minimum Gasteiger partial charge on any atom is -0.347 e. The Labute approximate surface area is 157 Å². The van der Waals surface area contributed by atoms with Crippen molar-refractivity contribution in [2.45, 2.75) is 38.3 Å². The van der Waals surface area contributed by atoms with E-state index in [4.69, 9.17) is 0 Å². The first-order valence-corrected chi connectivity index (χ1v) is 8.90. The molecule has 3 nitrogen and oxygen atoms in total. The average molecular weight is 370 g/mol. The van der Waals surface area contributed by atoms with Crippen LogP contribution in [-0.4, -0.2) is 53.1 Å². The molecule has 2 aliphatic heterocycles. The molecule has 0 saturated carbocycles. The van der Waals surface area contributed by atoms with Crippen LogP contribution in [-0.2, 0) is 6.54 Å². The van der Waals surface area contributed by atoms with Crippen molar-refractivity contribution in [3.05, 3.63) is 36.5 Å². The molecule has 1 unspecified atom stereocenters. The van der Waals surface area contributed by atoms with Gasteiger partial charge in [0.2, 0.25) is 0 Å². The van der Waals surface area contributed by atoms with Crippen molar-refractivity contribution in [3.63, 3.8) is 0 Å². The van der Waals surface area contributed by atoms with Gasteiger partial charge >= 0.3 is 0 Å². The summed E-state index contributed by atoms with van der Waals surface area (Å²) >= 11 is 0. The standard InChI is InChI=1S/C19H27N3.2ClH/c1-2-8-19-17(6-1)9-13-22(19)12-5-10-20-14-15-21-11-4-3-7-18(21)16-20;;/h1-2,6,8-9,13,18H,3-5,7,10-12,14-16H2;2*1H. The fourth-order valence-corrected chi connectivity index (χ4v) is 4.22. The molecule has 2 aliphatic rings. The third-order valence-electron chi connectivity index (χ3n) is 5.48. The summed E-state index contributed by atoms with van der Waals surface area (Å²) in [5.41, 5.74) is 1.37.